The highest BCUT2D eigenvalue weighted by molar-refractivity contribution is 6.34. The Kier molecular flexibility index (Phi) is 4.67. The number of hydrogen-bond acceptors (Lipinski definition) is 4. The van der Waals surface area contributed by atoms with Crippen LogP contribution >= 0.6 is 11.6 Å². The standard InChI is InChI=1S/C15H15ClN2O3/c1-21-14-6-9(8-17)2-5-13(14)18-15(20)11-7-10(19)3-4-12(11)16/h2-7,19H,8,17H2,1H3,(H,18,20). The summed E-state index contributed by atoms with van der Waals surface area (Å²) in [5.74, 6) is 0.0345. The normalized spacial score (nSPS) is 10.2. The van der Waals surface area contributed by atoms with E-state index in [1.54, 1.807) is 18.2 Å². The maximum atomic E-state index is 12.2. The van der Waals surface area contributed by atoms with E-state index in [1.807, 2.05) is 0 Å². The molecule has 0 spiro atoms. The van der Waals surface area contributed by atoms with Gasteiger partial charge in [0.1, 0.15) is 11.5 Å². The minimum atomic E-state index is -0.435. The van der Waals surface area contributed by atoms with Crippen molar-refractivity contribution < 1.29 is 14.6 Å². The number of nitrogens with two attached hydrogens (primary N) is 1. The Morgan fingerprint density at radius 2 is 2.10 bits per heavy atom. The highest BCUT2D eigenvalue weighted by Crippen LogP contribution is 2.28. The first-order valence-corrected chi connectivity index (χ1v) is 6.59. The molecule has 0 fully saturated rings. The van der Waals surface area contributed by atoms with Gasteiger partial charge in [0.25, 0.3) is 5.91 Å². The first-order valence-electron chi connectivity index (χ1n) is 6.22. The van der Waals surface area contributed by atoms with Gasteiger partial charge in [-0.15, -0.1) is 0 Å². The van der Waals surface area contributed by atoms with E-state index < -0.39 is 5.91 Å². The van der Waals surface area contributed by atoms with Gasteiger partial charge in [0.15, 0.2) is 0 Å². The zero-order chi connectivity index (χ0) is 15.4. The van der Waals surface area contributed by atoms with Crippen molar-refractivity contribution in [2.75, 3.05) is 12.4 Å². The molecule has 5 nitrogen and oxygen atoms in total. The molecule has 0 aliphatic carbocycles. The maximum absolute atomic E-state index is 12.2. The third kappa shape index (κ3) is 3.45. The summed E-state index contributed by atoms with van der Waals surface area (Å²) >= 11 is 5.96. The van der Waals surface area contributed by atoms with Gasteiger partial charge >= 0.3 is 0 Å². The van der Waals surface area contributed by atoms with Gasteiger partial charge in [-0.3, -0.25) is 4.79 Å². The molecule has 4 N–H and O–H groups in total. The molecule has 0 aliphatic rings. The van der Waals surface area contributed by atoms with Crippen molar-refractivity contribution in [1.82, 2.24) is 0 Å². The van der Waals surface area contributed by atoms with Crippen molar-refractivity contribution in [2.45, 2.75) is 6.54 Å². The molecule has 0 radical (unpaired) electrons. The number of hydrogen-bond donors (Lipinski definition) is 3. The van der Waals surface area contributed by atoms with Crippen molar-refractivity contribution >= 4 is 23.2 Å². The summed E-state index contributed by atoms with van der Waals surface area (Å²) in [6, 6.07) is 9.42. The zero-order valence-electron chi connectivity index (χ0n) is 11.4. The number of nitrogens with one attached hydrogen (secondary N) is 1. The monoisotopic (exact) mass is 306 g/mol. The average Bonchev–Trinajstić information content (AvgIpc) is 2.49. The van der Waals surface area contributed by atoms with E-state index in [2.05, 4.69) is 5.32 Å². The fraction of sp³-hybridized carbons (Fsp3) is 0.133. The molecule has 0 unspecified atom stereocenters. The maximum Gasteiger partial charge on any atom is 0.257 e. The Balaban J connectivity index is 2.29. The molecular formula is C15H15ClN2O3. The summed E-state index contributed by atoms with van der Waals surface area (Å²) in [6.45, 7) is 0.378. The number of carbonyl (C=O) groups excluding carboxylic acids is 1. The van der Waals surface area contributed by atoms with Crippen molar-refractivity contribution in [3.63, 3.8) is 0 Å². The Bertz CT molecular complexity index is 674. The molecule has 0 aliphatic heterocycles. The van der Waals surface area contributed by atoms with E-state index in [0.717, 1.165) is 5.56 Å². The van der Waals surface area contributed by atoms with Crippen molar-refractivity contribution in [3.8, 4) is 11.5 Å². The van der Waals surface area contributed by atoms with Crippen LogP contribution in [0, 0.1) is 0 Å². The van der Waals surface area contributed by atoms with Gasteiger partial charge in [-0.1, -0.05) is 17.7 Å². The molecular weight excluding hydrogens is 292 g/mol. The molecule has 0 saturated carbocycles. The van der Waals surface area contributed by atoms with Gasteiger partial charge in [-0.25, -0.2) is 0 Å². The summed E-state index contributed by atoms with van der Waals surface area (Å²) in [6.07, 6.45) is 0. The van der Waals surface area contributed by atoms with Crippen LogP contribution in [0.3, 0.4) is 0 Å². The van der Waals surface area contributed by atoms with E-state index in [1.165, 1.54) is 25.3 Å². The lowest BCUT2D eigenvalue weighted by Crippen LogP contribution is -2.13. The molecule has 0 aromatic heterocycles. The van der Waals surface area contributed by atoms with Gasteiger partial charge in [-0.2, -0.15) is 0 Å². The summed E-state index contributed by atoms with van der Waals surface area (Å²) in [7, 11) is 1.51. The Morgan fingerprint density at radius 1 is 1.33 bits per heavy atom. The number of phenolic OH excluding ortho intramolecular Hbond substituents is 1. The molecule has 2 rings (SSSR count). The molecule has 21 heavy (non-hydrogen) atoms. The van der Waals surface area contributed by atoms with Crippen LogP contribution in [-0.4, -0.2) is 18.1 Å². The lowest BCUT2D eigenvalue weighted by Gasteiger charge is -2.12. The first-order chi connectivity index (χ1) is 10.0. The average molecular weight is 307 g/mol. The third-order valence-electron chi connectivity index (χ3n) is 2.94. The van der Waals surface area contributed by atoms with Crippen LogP contribution in [0.4, 0.5) is 5.69 Å². The molecule has 0 heterocycles. The Morgan fingerprint density at radius 3 is 2.76 bits per heavy atom. The molecule has 0 atom stereocenters. The number of carbonyl (C=O) groups is 1. The van der Waals surface area contributed by atoms with Crippen LogP contribution in [0.15, 0.2) is 36.4 Å². The smallest absolute Gasteiger partial charge is 0.257 e. The van der Waals surface area contributed by atoms with Crippen LogP contribution in [0.5, 0.6) is 11.5 Å². The molecule has 0 saturated heterocycles. The highest BCUT2D eigenvalue weighted by atomic mass is 35.5. The number of benzene rings is 2. The Hall–Kier alpha value is -2.24. The molecule has 110 valence electrons. The number of phenols is 1. The number of amides is 1. The summed E-state index contributed by atoms with van der Waals surface area (Å²) in [5, 5.41) is 12.4. The molecule has 2 aromatic rings. The largest absolute Gasteiger partial charge is 0.508 e. The number of ether oxygens (including phenoxy) is 1. The Labute approximate surface area is 127 Å². The van der Waals surface area contributed by atoms with E-state index in [-0.39, 0.29) is 16.3 Å². The molecule has 6 heteroatoms. The SMILES string of the molecule is COc1cc(CN)ccc1NC(=O)c1cc(O)ccc1Cl. The van der Waals surface area contributed by atoms with Gasteiger partial charge in [0.2, 0.25) is 0 Å². The fourth-order valence-electron chi connectivity index (χ4n) is 1.84. The zero-order valence-corrected chi connectivity index (χ0v) is 12.1. The third-order valence-corrected chi connectivity index (χ3v) is 3.27. The molecule has 2 aromatic carbocycles. The number of rotatable bonds is 4. The lowest BCUT2D eigenvalue weighted by molar-refractivity contribution is 0.102. The van der Waals surface area contributed by atoms with E-state index in [9.17, 15) is 9.90 Å². The van der Waals surface area contributed by atoms with E-state index >= 15 is 0 Å². The molecule has 1 amide bonds. The number of aromatic hydroxyl groups is 1. The predicted molar refractivity (Wildman–Crippen MR) is 82.0 cm³/mol. The predicted octanol–water partition coefficient (Wildman–Crippen LogP) is 2.77. The first kappa shape index (κ1) is 15.2. The molecule has 0 bridgehead atoms. The van der Waals surface area contributed by atoms with Gasteiger partial charge < -0.3 is 20.9 Å². The second kappa shape index (κ2) is 6.47. The quantitative estimate of drug-likeness (QED) is 0.811. The van der Waals surface area contributed by atoms with Gasteiger partial charge in [0.05, 0.1) is 23.4 Å². The van der Waals surface area contributed by atoms with Crippen molar-refractivity contribution in [3.05, 3.63) is 52.5 Å². The second-order valence-electron chi connectivity index (χ2n) is 4.36. The van der Waals surface area contributed by atoms with Gasteiger partial charge in [0, 0.05) is 6.54 Å². The lowest BCUT2D eigenvalue weighted by atomic mass is 10.1. The van der Waals surface area contributed by atoms with Gasteiger partial charge in [-0.05, 0) is 35.9 Å². The van der Waals surface area contributed by atoms with E-state index in [4.69, 9.17) is 22.1 Å². The van der Waals surface area contributed by atoms with E-state index in [0.29, 0.717) is 18.0 Å². The minimum absolute atomic E-state index is 0.0324. The van der Waals surface area contributed by atoms with Crippen LogP contribution in [0.2, 0.25) is 5.02 Å². The minimum Gasteiger partial charge on any atom is -0.508 e. The van der Waals surface area contributed by atoms with Crippen LogP contribution < -0.4 is 15.8 Å². The number of anilines is 1. The van der Waals surface area contributed by atoms with Crippen LogP contribution in [0.25, 0.3) is 0 Å². The highest BCUT2D eigenvalue weighted by Gasteiger charge is 2.14. The summed E-state index contributed by atoms with van der Waals surface area (Å²) in [5.41, 5.74) is 7.13. The fourth-order valence-corrected chi connectivity index (χ4v) is 2.05. The van der Waals surface area contributed by atoms with Crippen LogP contribution in [-0.2, 0) is 6.54 Å². The number of methoxy groups -OCH3 is 1. The van der Waals surface area contributed by atoms with Crippen molar-refractivity contribution in [1.29, 1.82) is 0 Å². The number of halogens is 1. The summed E-state index contributed by atoms with van der Waals surface area (Å²) in [4.78, 5) is 12.2. The van der Waals surface area contributed by atoms with Crippen molar-refractivity contribution in [2.24, 2.45) is 5.73 Å². The van der Waals surface area contributed by atoms with Crippen LogP contribution in [0.1, 0.15) is 15.9 Å². The topological polar surface area (TPSA) is 84.6 Å². The second-order valence-corrected chi connectivity index (χ2v) is 4.76. The summed E-state index contributed by atoms with van der Waals surface area (Å²) < 4.78 is 5.23.